The van der Waals surface area contributed by atoms with Gasteiger partial charge in [-0.3, -0.25) is 4.99 Å². The normalized spacial score (nSPS) is 39.0. The molecule has 1 heteroatoms. The summed E-state index contributed by atoms with van der Waals surface area (Å²) in [6, 6.07) is 0. The van der Waals surface area contributed by atoms with E-state index in [2.05, 4.69) is 24.1 Å². The number of hydrogen-bond acceptors (Lipinski definition) is 1. The van der Waals surface area contributed by atoms with Crippen molar-refractivity contribution in [3.05, 3.63) is 12.2 Å². The molecule has 1 nitrogen and oxygen atoms in total. The Balaban J connectivity index is 2.24. The third kappa shape index (κ3) is 0.640. The summed E-state index contributed by atoms with van der Waals surface area (Å²) < 4.78 is 0. The van der Waals surface area contributed by atoms with Crippen molar-refractivity contribution in [2.45, 2.75) is 13.3 Å². The third-order valence-corrected chi connectivity index (χ3v) is 2.33. The van der Waals surface area contributed by atoms with Gasteiger partial charge in [-0.05, 0) is 19.3 Å². The van der Waals surface area contributed by atoms with Gasteiger partial charge >= 0.3 is 0 Å². The van der Waals surface area contributed by atoms with Crippen molar-refractivity contribution >= 4 is 5.71 Å². The lowest BCUT2D eigenvalue weighted by atomic mass is 9.76. The summed E-state index contributed by atoms with van der Waals surface area (Å²) in [5.41, 5.74) is 1.34. The van der Waals surface area contributed by atoms with E-state index in [1.165, 1.54) is 12.1 Å². The van der Waals surface area contributed by atoms with Crippen molar-refractivity contribution in [1.82, 2.24) is 0 Å². The number of aliphatic imine (C=N–C) groups is 1. The van der Waals surface area contributed by atoms with Crippen molar-refractivity contribution in [3.63, 3.8) is 0 Å². The molecule has 0 N–H and O–H groups in total. The van der Waals surface area contributed by atoms with Crippen LogP contribution in [0.25, 0.3) is 0 Å². The monoisotopic (exact) mass is 121 g/mol. The van der Waals surface area contributed by atoms with Crippen molar-refractivity contribution in [2.75, 3.05) is 6.54 Å². The molecule has 2 rings (SSSR count). The molecule has 0 amide bonds. The molecule has 0 spiro atoms. The minimum Gasteiger partial charge on any atom is -0.294 e. The van der Waals surface area contributed by atoms with Gasteiger partial charge in [-0.1, -0.05) is 12.2 Å². The van der Waals surface area contributed by atoms with Gasteiger partial charge in [-0.15, -0.1) is 0 Å². The molecule has 0 unspecified atom stereocenters. The lowest BCUT2D eigenvalue weighted by Gasteiger charge is -2.32. The van der Waals surface area contributed by atoms with E-state index >= 15 is 0 Å². The predicted octanol–water partition coefficient (Wildman–Crippen LogP) is 1.65. The molecule has 0 fully saturated rings. The van der Waals surface area contributed by atoms with E-state index in [0.717, 1.165) is 18.4 Å². The fourth-order valence-corrected chi connectivity index (χ4v) is 1.60. The van der Waals surface area contributed by atoms with Crippen LogP contribution in [0.1, 0.15) is 13.3 Å². The Morgan fingerprint density at radius 3 is 2.89 bits per heavy atom. The van der Waals surface area contributed by atoms with Gasteiger partial charge in [-0.25, -0.2) is 0 Å². The molecule has 2 aliphatic rings. The molecule has 9 heavy (non-hydrogen) atoms. The molecule has 48 valence electrons. The Kier molecular flexibility index (Phi) is 0.981. The first-order valence-corrected chi connectivity index (χ1v) is 3.57. The maximum absolute atomic E-state index is 4.38. The van der Waals surface area contributed by atoms with Crippen LogP contribution in [0.4, 0.5) is 0 Å². The smallest absolute Gasteiger partial charge is 0.0394 e. The Morgan fingerprint density at radius 2 is 2.44 bits per heavy atom. The van der Waals surface area contributed by atoms with Gasteiger partial charge in [0.1, 0.15) is 0 Å². The molecule has 0 radical (unpaired) electrons. The second-order valence-electron chi connectivity index (χ2n) is 2.89. The minimum atomic E-state index is 0.721. The third-order valence-electron chi connectivity index (χ3n) is 2.33. The fourth-order valence-electron chi connectivity index (χ4n) is 1.60. The Hall–Kier alpha value is -0.590. The van der Waals surface area contributed by atoms with Gasteiger partial charge in [0.15, 0.2) is 0 Å². The highest BCUT2D eigenvalue weighted by Crippen LogP contribution is 2.32. The molecule has 0 saturated heterocycles. The molecule has 2 atom stereocenters. The fraction of sp³-hybridized carbons (Fsp3) is 0.625. The van der Waals surface area contributed by atoms with E-state index in [1.807, 2.05) is 0 Å². The van der Waals surface area contributed by atoms with Crippen LogP contribution >= 0.6 is 0 Å². The summed E-state index contributed by atoms with van der Waals surface area (Å²) in [5.74, 6) is 1.57. The molecular weight excluding hydrogens is 110 g/mol. The second kappa shape index (κ2) is 1.69. The second-order valence-corrected chi connectivity index (χ2v) is 2.89. The van der Waals surface area contributed by atoms with Crippen LogP contribution in [-0.2, 0) is 0 Å². The lowest BCUT2D eigenvalue weighted by molar-refractivity contribution is 0.471. The molecule has 1 aliphatic heterocycles. The molecular formula is C8H11N. The average Bonchev–Trinajstić information content (AvgIpc) is 1.74. The number of fused-ring (bicyclic) bond motifs is 1. The Morgan fingerprint density at radius 1 is 1.56 bits per heavy atom. The molecule has 0 saturated carbocycles. The molecule has 1 heterocycles. The molecule has 0 aromatic heterocycles. The topological polar surface area (TPSA) is 12.4 Å². The summed E-state index contributed by atoms with van der Waals surface area (Å²) in [4.78, 5) is 4.38. The molecule has 1 aliphatic carbocycles. The number of nitrogens with zero attached hydrogens (tertiary/aromatic N) is 1. The zero-order chi connectivity index (χ0) is 6.27. The summed E-state index contributed by atoms with van der Waals surface area (Å²) in [5, 5.41) is 0. The maximum atomic E-state index is 4.38. The zero-order valence-electron chi connectivity index (χ0n) is 5.67. The minimum absolute atomic E-state index is 0.721. The zero-order valence-corrected chi connectivity index (χ0v) is 5.67. The van der Waals surface area contributed by atoms with Crippen LogP contribution < -0.4 is 0 Å². The van der Waals surface area contributed by atoms with Gasteiger partial charge in [0.25, 0.3) is 0 Å². The maximum Gasteiger partial charge on any atom is 0.0394 e. The van der Waals surface area contributed by atoms with E-state index in [-0.39, 0.29) is 0 Å². The molecule has 0 aromatic rings. The van der Waals surface area contributed by atoms with Crippen LogP contribution in [0, 0.1) is 11.8 Å². The highest BCUT2D eigenvalue weighted by atomic mass is 14.8. The largest absolute Gasteiger partial charge is 0.294 e. The highest BCUT2D eigenvalue weighted by Gasteiger charge is 2.28. The van der Waals surface area contributed by atoms with E-state index in [9.17, 15) is 0 Å². The van der Waals surface area contributed by atoms with Gasteiger partial charge in [0.2, 0.25) is 0 Å². The van der Waals surface area contributed by atoms with Crippen LogP contribution in [0.3, 0.4) is 0 Å². The van der Waals surface area contributed by atoms with Gasteiger partial charge < -0.3 is 0 Å². The predicted molar refractivity (Wildman–Crippen MR) is 38.7 cm³/mol. The van der Waals surface area contributed by atoms with Crippen LogP contribution in [0.2, 0.25) is 0 Å². The van der Waals surface area contributed by atoms with Gasteiger partial charge in [0, 0.05) is 18.2 Å². The first-order chi connectivity index (χ1) is 4.38. The summed E-state index contributed by atoms with van der Waals surface area (Å²) >= 11 is 0. The lowest BCUT2D eigenvalue weighted by Crippen LogP contribution is -2.29. The van der Waals surface area contributed by atoms with Crippen molar-refractivity contribution in [1.29, 1.82) is 0 Å². The quantitative estimate of drug-likeness (QED) is 0.432. The first-order valence-electron chi connectivity index (χ1n) is 3.57. The van der Waals surface area contributed by atoms with E-state index in [4.69, 9.17) is 0 Å². The summed E-state index contributed by atoms with van der Waals surface area (Å²) in [6.07, 6.45) is 5.85. The van der Waals surface area contributed by atoms with Crippen molar-refractivity contribution < 1.29 is 0 Å². The SMILES string of the molecule is CC1=NCC[C@@H]2C=C[C@@H]12. The Bertz CT molecular complexity index is 179. The molecule has 0 bridgehead atoms. The van der Waals surface area contributed by atoms with E-state index in [1.54, 1.807) is 0 Å². The Labute approximate surface area is 55.5 Å². The highest BCUT2D eigenvalue weighted by molar-refractivity contribution is 5.88. The number of rotatable bonds is 0. The molecule has 0 aromatic carbocycles. The van der Waals surface area contributed by atoms with Crippen molar-refractivity contribution in [2.24, 2.45) is 16.8 Å². The van der Waals surface area contributed by atoms with Crippen molar-refractivity contribution in [3.8, 4) is 0 Å². The first kappa shape index (κ1) is 5.21. The summed E-state index contributed by atoms with van der Waals surface area (Å²) in [7, 11) is 0. The van der Waals surface area contributed by atoms with Crippen LogP contribution in [0.15, 0.2) is 17.1 Å². The van der Waals surface area contributed by atoms with Gasteiger partial charge in [-0.2, -0.15) is 0 Å². The average molecular weight is 121 g/mol. The van der Waals surface area contributed by atoms with E-state index < -0.39 is 0 Å². The number of allylic oxidation sites excluding steroid dienone is 2. The van der Waals surface area contributed by atoms with E-state index in [0.29, 0.717) is 0 Å². The number of hydrogen-bond donors (Lipinski definition) is 0. The standard InChI is InChI=1S/C8H11N/c1-6-8-3-2-7(8)4-5-9-6/h2-3,7-8H,4-5H2,1H3/t7-,8-/m0/s1. The summed E-state index contributed by atoms with van der Waals surface area (Å²) in [6.45, 7) is 3.19. The van der Waals surface area contributed by atoms with Crippen LogP contribution in [-0.4, -0.2) is 12.3 Å². The van der Waals surface area contributed by atoms with Crippen LogP contribution in [0.5, 0.6) is 0 Å². The van der Waals surface area contributed by atoms with Gasteiger partial charge in [0.05, 0.1) is 0 Å².